The van der Waals surface area contributed by atoms with Crippen LogP contribution in [0.4, 0.5) is 5.82 Å². The molecule has 0 unspecified atom stereocenters. The maximum atomic E-state index is 4.34. The highest BCUT2D eigenvalue weighted by molar-refractivity contribution is 5.55. The summed E-state index contributed by atoms with van der Waals surface area (Å²) in [4.78, 5) is 6.72. The van der Waals surface area contributed by atoms with Gasteiger partial charge in [-0.3, -0.25) is 4.40 Å². The van der Waals surface area contributed by atoms with E-state index in [9.17, 15) is 0 Å². The summed E-state index contributed by atoms with van der Waals surface area (Å²) in [7, 11) is 2.02. The first-order valence-electron chi connectivity index (χ1n) is 7.64. The largest absolute Gasteiger partial charge is 0.354 e. The van der Waals surface area contributed by atoms with E-state index >= 15 is 0 Å². The molecule has 112 valence electrons. The third kappa shape index (κ3) is 3.31. The smallest absolute Gasteiger partial charge is 0.138 e. The first-order valence-corrected chi connectivity index (χ1v) is 7.64. The Kier molecular flexibility index (Phi) is 6.52. The number of aromatic nitrogens is 2. The van der Waals surface area contributed by atoms with Gasteiger partial charge in [-0.1, -0.05) is 27.7 Å². The topological polar surface area (TPSA) is 32.6 Å². The van der Waals surface area contributed by atoms with E-state index in [-0.39, 0.29) is 0 Å². The summed E-state index contributed by atoms with van der Waals surface area (Å²) in [6.45, 7) is 12.3. The van der Waals surface area contributed by atoms with Crippen LogP contribution in [0.2, 0.25) is 0 Å². The molecule has 1 N–H and O–H groups in total. The highest BCUT2D eigenvalue weighted by atomic mass is 15.3. The molecule has 1 fully saturated rings. The Labute approximate surface area is 122 Å². The van der Waals surface area contributed by atoms with E-state index in [0.717, 1.165) is 18.7 Å². The molecule has 2 aromatic heterocycles. The van der Waals surface area contributed by atoms with Crippen LogP contribution in [0.1, 0.15) is 33.3 Å². The van der Waals surface area contributed by atoms with Crippen molar-refractivity contribution in [2.45, 2.75) is 40.7 Å². The van der Waals surface area contributed by atoms with E-state index < -0.39 is 0 Å². The molecule has 0 spiro atoms. The molecule has 0 bridgehead atoms. The minimum absolute atomic E-state index is 0.624. The predicted molar refractivity (Wildman–Crippen MR) is 87.7 cm³/mol. The van der Waals surface area contributed by atoms with E-state index in [2.05, 4.69) is 38.7 Å². The van der Waals surface area contributed by atoms with Crippen molar-refractivity contribution in [3.05, 3.63) is 30.1 Å². The van der Waals surface area contributed by atoms with Crippen LogP contribution in [0, 0.1) is 6.92 Å². The van der Waals surface area contributed by atoms with Crippen LogP contribution in [-0.4, -0.2) is 35.6 Å². The molecule has 0 atom stereocenters. The number of nitrogens with one attached hydrogen (secondary N) is 1. The molecule has 3 rings (SSSR count). The van der Waals surface area contributed by atoms with Gasteiger partial charge in [0.15, 0.2) is 0 Å². The summed E-state index contributed by atoms with van der Waals surface area (Å²) in [5, 5.41) is 3.29. The van der Waals surface area contributed by atoms with Gasteiger partial charge in [-0.05, 0) is 31.7 Å². The summed E-state index contributed by atoms with van der Waals surface area (Å²) in [5.41, 5.74) is 2.30. The van der Waals surface area contributed by atoms with E-state index in [4.69, 9.17) is 0 Å². The van der Waals surface area contributed by atoms with Crippen LogP contribution in [0.25, 0.3) is 5.65 Å². The molecule has 3 heterocycles. The lowest BCUT2D eigenvalue weighted by atomic mass is 10.1. The molecule has 20 heavy (non-hydrogen) atoms. The average Bonchev–Trinajstić information content (AvgIpc) is 2.90. The first kappa shape index (κ1) is 16.5. The molecule has 0 saturated carbocycles. The summed E-state index contributed by atoms with van der Waals surface area (Å²) in [6, 6.07) is 4.96. The van der Waals surface area contributed by atoms with Gasteiger partial charge < -0.3 is 10.2 Å². The average molecular weight is 276 g/mol. The zero-order valence-electron chi connectivity index (χ0n) is 13.6. The van der Waals surface area contributed by atoms with Crippen LogP contribution in [0.3, 0.4) is 0 Å². The van der Waals surface area contributed by atoms with Crippen molar-refractivity contribution in [3.63, 3.8) is 0 Å². The van der Waals surface area contributed by atoms with Gasteiger partial charge in [-0.15, -0.1) is 0 Å². The summed E-state index contributed by atoms with van der Waals surface area (Å²) >= 11 is 0. The zero-order chi connectivity index (χ0) is 15.1. The van der Waals surface area contributed by atoms with E-state index in [0.29, 0.717) is 6.04 Å². The van der Waals surface area contributed by atoms with Crippen LogP contribution in [-0.2, 0) is 0 Å². The highest BCUT2D eigenvalue weighted by Gasteiger charge is 2.26. The number of likely N-dealkylation sites (N-methyl/N-ethyl adjacent to an activating group) is 1. The minimum Gasteiger partial charge on any atom is -0.354 e. The second kappa shape index (κ2) is 7.90. The molecule has 2 aromatic rings. The zero-order valence-corrected chi connectivity index (χ0v) is 13.6. The summed E-state index contributed by atoms with van der Waals surface area (Å²) in [6.07, 6.45) is 3.88. The SMILES string of the molecule is CC.CC.CNC1CN(c2cc(C)cc3nccn23)C1. The molecule has 4 heteroatoms. The van der Waals surface area contributed by atoms with Crippen molar-refractivity contribution >= 4 is 11.5 Å². The number of pyridine rings is 1. The number of hydrogen-bond donors (Lipinski definition) is 1. The molecule has 0 radical (unpaired) electrons. The number of rotatable bonds is 2. The van der Waals surface area contributed by atoms with Crippen molar-refractivity contribution in [3.8, 4) is 0 Å². The third-order valence-electron chi connectivity index (χ3n) is 3.24. The Balaban J connectivity index is 0.000000461. The Hall–Kier alpha value is -1.55. The Morgan fingerprint density at radius 2 is 1.80 bits per heavy atom. The molecular weight excluding hydrogens is 248 g/mol. The molecule has 1 aliphatic rings. The number of nitrogens with zero attached hydrogens (tertiary/aromatic N) is 3. The third-order valence-corrected chi connectivity index (χ3v) is 3.24. The monoisotopic (exact) mass is 276 g/mol. The molecule has 0 aromatic carbocycles. The van der Waals surface area contributed by atoms with Gasteiger partial charge in [-0.25, -0.2) is 4.98 Å². The van der Waals surface area contributed by atoms with Crippen molar-refractivity contribution < 1.29 is 0 Å². The maximum absolute atomic E-state index is 4.34. The van der Waals surface area contributed by atoms with Gasteiger partial charge in [-0.2, -0.15) is 0 Å². The lowest BCUT2D eigenvalue weighted by Crippen LogP contribution is -2.57. The van der Waals surface area contributed by atoms with Crippen molar-refractivity contribution in [2.75, 3.05) is 25.0 Å². The Morgan fingerprint density at radius 3 is 2.40 bits per heavy atom. The molecule has 1 aliphatic heterocycles. The number of aryl methyl sites for hydroxylation is 1. The highest BCUT2D eigenvalue weighted by Crippen LogP contribution is 2.23. The number of imidazole rings is 1. The van der Waals surface area contributed by atoms with Crippen molar-refractivity contribution in [2.24, 2.45) is 0 Å². The van der Waals surface area contributed by atoms with Gasteiger partial charge in [0.25, 0.3) is 0 Å². The Bertz CT molecular complexity index is 512. The molecular formula is C16H28N4. The number of anilines is 1. The second-order valence-corrected chi connectivity index (χ2v) is 4.44. The van der Waals surface area contributed by atoms with E-state index in [1.807, 2.05) is 47.1 Å². The fraction of sp³-hybridized carbons (Fsp3) is 0.562. The van der Waals surface area contributed by atoms with Gasteiger partial charge in [0.05, 0.1) is 0 Å². The normalized spacial score (nSPS) is 14.0. The van der Waals surface area contributed by atoms with Crippen LogP contribution < -0.4 is 10.2 Å². The number of fused-ring (bicyclic) bond motifs is 1. The fourth-order valence-electron chi connectivity index (χ4n) is 2.23. The second-order valence-electron chi connectivity index (χ2n) is 4.44. The van der Waals surface area contributed by atoms with Crippen molar-refractivity contribution in [1.82, 2.24) is 14.7 Å². The van der Waals surface area contributed by atoms with Crippen LogP contribution in [0.15, 0.2) is 24.5 Å². The van der Waals surface area contributed by atoms with Crippen molar-refractivity contribution in [1.29, 1.82) is 0 Å². The minimum atomic E-state index is 0.624. The van der Waals surface area contributed by atoms with Crippen LogP contribution >= 0.6 is 0 Å². The van der Waals surface area contributed by atoms with E-state index in [1.165, 1.54) is 11.4 Å². The van der Waals surface area contributed by atoms with Gasteiger partial charge in [0.1, 0.15) is 11.5 Å². The lowest BCUT2D eigenvalue weighted by molar-refractivity contribution is 0.446. The fourth-order valence-corrected chi connectivity index (χ4v) is 2.23. The lowest BCUT2D eigenvalue weighted by Gasteiger charge is -2.41. The molecule has 1 saturated heterocycles. The first-order chi connectivity index (χ1) is 9.78. The van der Waals surface area contributed by atoms with Gasteiger partial charge in [0, 0.05) is 31.5 Å². The summed E-state index contributed by atoms with van der Waals surface area (Å²) < 4.78 is 2.15. The molecule has 0 amide bonds. The molecule has 4 nitrogen and oxygen atoms in total. The quantitative estimate of drug-likeness (QED) is 0.915. The van der Waals surface area contributed by atoms with Gasteiger partial charge >= 0.3 is 0 Å². The molecule has 0 aliphatic carbocycles. The maximum Gasteiger partial charge on any atom is 0.138 e. The standard InChI is InChI=1S/C12H16N4.2C2H6/c1-9-5-11-14-3-4-16(11)12(6-9)15-7-10(8-15)13-2;2*1-2/h3-6,10,13H,7-8H2,1-2H3;2*1-2H3. The summed E-state index contributed by atoms with van der Waals surface area (Å²) in [5.74, 6) is 1.25. The Morgan fingerprint density at radius 1 is 1.15 bits per heavy atom. The van der Waals surface area contributed by atoms with Crippen LogP contribution in [0.5, 0.6) is 0 Å². The van der Waals surface area contributed by atoms with E-state index in [1.54, 1.807) is 0 Å². The predicted octanol–water partition coefficient (Wildman–Crippen LogP) is 3.10. The number of hydrogen-bond acceptors (Lipinski definition) is 3. The van der Waals surface area contributed by atoms with Gasteiger partial charge in [0.2, 0.25) is 0 Å².